The fourth-order valence-electron chi connectivity index (χ4n) is 4.57. The number of fused-ring (bicyclic) bond motifs is 3. The summed E-state index contributed by atoms with van der Waals surface area (Å²) in [5.41, 5.74) is 6.77. The summed E-state index contributed by atoms with van der Waals surface area (Å²) in [6, 6.07) is 32.6. The molecule has 2 heterocycles. The van der Waals surface area contributed by atoms with Gasteiger partial charge in [0.15, 0.2) is 12.7 Å². The number of rotatable bonds is 6. The molecular weight excluding hydrogens is 444 g/mol. The molecule has 156 valence electrons. The number of benzene rings is 3. The SMILES string of the molecule is Cc1c2c(cc[n+]1Cc1ccccc1)c1ccccc1n2CCCc1ccccc1.[Br-]. The molecule has 2 nitrogen and oxygen atoms in total. The zero-order valence-electron chi connectivity index (χ0n) is 17.8. The van der Waals surface area contributed by atoms with Crippen molar-refractivity contribution in [2.45, 2.75) is 32.9 Å². The average molecular weight is 471 g/mol. The van der Waals surface area contributed by atoms with Gasteiger partial charge in [-0.05, 0) is 24.5 Å². The molecule has 3 heteroatoms. The number of pyridine rings is 1. The molecule has 3 aromatic carbocycles. The van der Waals surface area contributed by atoms with Crippen molar-refractivity contribution < 1.29 is 21.5 Å². The van der Waals surface area contributed by atoms with Crippen molar-refractivity contribution in [3.63, 3.8) is 0 Å². The maximum absolute atomic E-state index is 2.53. The Hall–Kier alpha value is -2.91. The molecule has 0 N–H and O–H groups in total. The summed E-state index contributed by atoms with van der Waals surface area (Å²) in [7, 11) is 0. The van der Waals surface area contributed by atoms with Crippen LogP contribution >= 0.6 is 0 Å². The number of aromatic nitrogens is 2. The van der Waals surface area contributed by atoms with Gasteiger partial charge >= 0.3 is 0 Å². The molecule has 0 saturated heterocycles. The predicted molar refractivity (Wildman–Crippen MR) is 125 cm³/mol. The maximum atomic E-state index is 2.53. The molecule has 0 atom stereocenters. The van der Waals surface area contributed by atoms with Gasteiger partial charge in [0, 0.05) is 41.4 Å². The second-order valence-corrected chi connectivity index (χ2v) is 8.03. The minimum Gasteiger partial charge on any atom is -1.00 e. The Morgan fingerprint density at radius 1 is 0.710 bits per heavy atom. The van der Waals surface area contributed by atoms with Crippen LogP contribution in [-0.4, -0.2) is 4.57 Å². The topological polar surface area (TPSA) is 8.81 Å². The Balaban J connectivity index is 0.00000231. The third-order valence-electron chi connectivity index (χ3n) is 6.09. The Kier molecular flexibility index (Phi) is 6.53. The van der Waals surface area contributed by atoms with Gasteiger partial charge in [-0.2, -0.15) is 4.57 Å². The van der Waals surface area contributed by atoms with Gasteiger partial charge in [0.25, 0.3) is 0 Å². The first-order chi connectivity index (χ1) is 14.8. The Bertz CT molecular complexity index is 1290. The first-order valence-electron chi connectivity index (χ1n) is 10.8. The van der Waals surface area contributed by atoms with Crippen molar-refractivity contribution in [3.05, 3.63) is 114 Å². The van der Waals surface area contributed by atoms with Gasteiger partial charge in [0.1, 0.15) is 5.52 Å². The van der Waals surface area contributed by atoms with Crippen molar-refractivity contribution in [3.8, 4) is 0 Å². The van der Waals surface area contributed by atoms with Crippen molar-refractivity contribution >= 4 is 21.8 Å². The average Bonchev–Trinajstić information content (AvgIpc) is 3.12. The lowest BCUT2D eigenvalue weighted by molar-refractivity contribution is -0.693. The number of para-hydroxylation sites is 1. The highest BCUT2D eigenvalue weighted by atomic mass is 79.9. The van der Waals surface area contributed by atoms with Gasteiger partial charge in [0.2, 0.25) is 5.69 Å². The standard InChI is InChI=1S/C28H27N2.BrH/c1-22-28-26(18-20-29(22)21-24-13-6-3-7-14-24)25-16-8-9-17-27(25)30(28)19-10-15-23-11-4-2-5-12-23;/h2-9,11-14,16-18,20H,10,15,19,21H2,1H3;1H/q+1;/p-1. The number of hydrogen-bond acceptors (Lipinski definition) is 0. The van der Waals surface area contributed by atoms with Crippen LogP contribution in [0.2, 0.25) is 0 Å². The first kappa shape index (κ1) is 21.3. The zero-order valence-corrected chi connectivity index (χ0v) is 19.4. The zero-order chi connectivity index (χ0) is 20.3. The smallest absolute Gasteiger partial charge is 0.203 e. The summed E-state index contributed by atoms with van der Waals surface area (Å²) in [6.07, 6.45) is 4.47. The third kappa shape index (κ3) is 4.28. The highest BCUT2D eigenvalue weighted by Gasteiger charge is 2.19. The quantitative estimate of drug-likeness (QED) is 0.337. The molecule has 5 rings (SSSR count). The van der Waals surface area contributed by atoms with E-state index in [-0.39, 0.29) is 17.0 Å². The summed E-state index contributed by atoms with van der Waals surface area (Å²) < 4.78 is 4.91. The van der Waals surface area contributed by atoms with E-state index in [4.69, 9.17) is 0 Å². The number of nitrogens with zero attached hydrogens (tertiary/aromatic N) is 2. The van der Waals surface area contributed by atoms with Crippen molar-refractivity contribution in [2.75, 3.05) is 0 Å². The van der Waals surface area contributed by atoms with E-state index in [9.17, 15) is 0 Å². The van der Waals surface area contributed by atoms with Crippen LogP contribution in [0.1, 0.15) is 23.2 Å². The van der Waals surface area contributed by atoms with E-state index in [0.29, 0.717) is 0 Å². The van der Waals surface area contributed by atoms with Crippen LogP contribution in [0.3, 0.4) is 0 Å². The fourth-order valence-corrected chi connectivity index (χ4v) is 4.57. The van der Waals surface area contributed by atoms with E-state index in [2.05, 4.69) is 113 Å². The van der Waals surface area contributed by atoms with E-state index < -0.39 is 0 Å². The summed E-state index contributed by atoms with van der Waals surface area (Å²) in [4.78, 5) is 0. The lowest BCUT2D eigenvalue weighted by atomic mass is 10.1. The summed E-state index contributed by atoms with van der Waals surface area (Å²) in [5.74, 6) is 0. The van der Waals surface area contributed by atoms with Crippen LogP contribution in [-0.2, 0) is 19.5 Å². The molecule has 0 amide bonds. The molecule has 0 aliphatic heterocycles. The Morgan fingerprint density at radius 2 is 1.35 bits per heavy atom. The maximum Gasteiger partial charge on any atom is 0.203 e. The van der Waals surface area contributed by atoms with Gasteiger partial charge in [0.05, 0.1) is 0 Å². The highest BCUT2D eigenvalue weighted by molar-refractivity contribution is 6.08. The second-order valence-electron chi connectivity index (χ2n) is 8.03. The van der Waals surface area contributed by atoms with Crippen molar-refractivity contribution in [1.82, 2.24) is 4.57 Å². The van der Waals surface area contributed by atoms with Crippen LogP contribution < -0.4 is 21.5 Å². The van der Waals surface area contributed by atoms with E-state index in [1.165, 1.54) is 38.6 Å². The summed E-state index contributed by atoms with van der Waals surface area (Å²) in [5, 5.41) is 2.70. The largest absolute Gasteiger partial charge is 1.00 e. The molecule has 0 aliphatic rings. The van der Waals surface area contributed by atoms with E-state index in [1.807, 2.05) is 0 Å². The Morgan fingerprint density at radius 3 is 2.10 bits per heavy atom. The lowest BCUT2D eigenvalue weighted by Crippen LogP contribution is -3.00. The molecule has 0 bridgehead atoms. The molecule has 5 aromatic rings. The van der Waals surface area contributed by atoms with E-state index >= 15 is 0 Å². The Labute approximate surface area is 194 Å². The molecule has 0 saturated carbocycles. The monoisotopic (exact) mass is 470 g/mol. The third-order valence-corrected chi connectivity index (χ3v) is 6.09. The van der Waals surface area contributed by atoms with Crippen LogP contribution in [0, 0.1) is 6.92 Å². The van der Waals surface area contributed by atoms with Crippen LogP contribution in [0.5, 0.6) is 0 Å². The van der Waals surface area contributed by atoms with Crippen molar-refractivity contribution in [1.29, 1.82) is 0 Å². The van der Waals surface area contributed by atoms with Crippen molar-refractivity contribution in [2.24, 2.45) is 0 Å². The number of aryl methyl sites for hydroxylation is 3. The predicted octanol–water partition coefficient (Wildman–Crippen LogP) is 3.08. The molecule has 2 aromatic heterocycles. The van der Waals surface area contributed by atoms with Gasteiger partial charge < -0.3 is 21.5 Å². The summed E-state index contributed by atoms with van der Waals surface area (Å²) in [6.45, 7) is 4.18. The molecule has 0 fully saturated rings. The number of hydrogen-bond donors (Lipinski definition) is 0. The molecule has 0 radical (unpaired) electrons. The molecule has 31 heavy (non-hydrogen) atoms. The number of halogens is 1. The fraction of sp³-hybridized carbons (Fsp3) is 0.179. The molecule has 0 aliphatic carbocycles. The minimum atomic E-state index is 0. The van der Waals surface area contributed by atoms with Crippen LogP contribution in [0.4, 0.5) is 0 Å². The molecular formula is C28H27BrN2. The lowest BCUT2D eigenvalue weighted by Gasteiger charge is -2.09. The van der Waals surface area contributed by atoms with E-state index in [1.54, 1.807) is 0 Å². The van der Waals surface area contributed by atoms with Gasteiger partial charge in [-0.15, -0.1) is 0 Å². The van der Waals surface area contributed by atoms with Crippen LogP contribution in [0.15, 0.2) is 97.2 Å². The minimum absolute atomic E-state index is 0. The second kappa shape index (κ2) is 9.49. The van der Waals surface area contributed by atoms with Gasteiger partial charge in [-0.3, -0.25) is 0 Å². The normalized spacial score (nSPS) is 11.0. The highest BCUT2D eigenvalue weighted by Crippen LogP contribution is 2.30. The van der Waals surface area contributed by atoms with Gasteiger partial charge in [-0.1, -0.05) is 78.9 Å². The van der Waals surface area contributed by atoms with E-state index in [0.717, 1.165) is 25.9 Å². The summed E-state index contributed by atoms with van der Waals surface area (Å²) >= 11 is 0. The molecule has 0 unspecified atom stereocenters. The van der Waals surface area contributed by atoms with Gasteiger partial charge in [-0.25, -0.2) is 0 Å². The first-order valence-corrected chi connectivity index (χ1v) is 10.8. The van der Waals surface area contributed by atoms with Crippen LogP contribution in [0.25, 0.3) is 21.8 Å². The molecule has 0 spiro atoms.